The lowest BCUT2D eigenvalue weighted by molar-refractivity contribution is -0.118. The van der Waals surface area contributed by atoms with Gasteiger partial charge >= 0.3 is 0 Å². The van der Waals surface area contributed by atoms with Crippen molar-refractivity contribution in [1.82, 2.24) is 4.90 Å². The van der Waals surface area contributed by atoms with Crippen LogP contribution in [0.25, 0.3) is 0 Å². The van der Waals surface area contributed by atoms with Gasteiger partial charge in [-0.15, -0.1) is 12.4 Å². The molecule has 0 saturated carbocycles. The Morgan fingerprint density at radius 1 is 1.03 bits per heavy atom. The standard InChI is InChI=1S/C23H26Cl2N2O3.ClH/c1-26-10-3-4-17(26)14-30-22-13-16(6-8-21(22)29-2)27-11-9-18(23(27)28)15-5-7-19(24)20(25)12-15;/h5-8,12-13,17-18H,3-4,9-11,14H2,1-2H3;1H. The van der Waals surface area contributed by atoms with Gasteiger partial charge in [0.15, 0.2) is 11.5 Å². The molecule has 0 N–H and O–H groups in total. The van der Waals surface area contributed by atoms with Crippen molar-refractivity contribution < 1.29 is 14.3 Å². The number of carbonyl (C=O) groups is 1. The third kappa shape index (κ3) is 5.06. The van der Waals surface area contributed by atoms with E-state index in [4.69, 9.17) is 32.7 Å². The number of likely N-dealkylation sites (tertiary alicyclic amines) is 1. The highest BCUT2D eigenvalue weighted by molar-refractivity contribution is 6.42. The van der Waals surface area contributed by atoms with Crippen LogP contribution >= 0.6 is 35.6 Å². The van der Waals surface area contributed by atoms with Gasteiger partial charge in [0, 0.05) is 24.3 Å². The van der Waals surface area contributed by atoms with Crippen LogP contribution in [0.3, 0.4) is 0 Å². The zero-order chi connectivity index (χ0) is 21.3. The minimum Gasteiger partial charge on any atom is -0.493 e. The first-order chi connectivity index (χ1) is 14.5. The quantitative estimate of drug-likeness (QED) is 0.548. The van der Waals surface area contributed by atoms with Gasteiger partial charge < -0.3 is 19.3 Å². The Hall–Kier alpha value is -1.66. The minimum atomic E-state index is -0.224. The highest BCUT2D eigenvalue weighted by Crippen LogP contribution is 2.38. The number of halogens is 3. The van der Waals surface area contributed by atoms with Crippen LogP contribution in [0.15, 0.2) is 36.4 Å². The van der Waals surface area contributed by atoms with E-state index in [0.717, 1.165) is 30.6 Å². The van der Waals surface area contributed by atoms with Crippen LogP contribution in [0.2, 0.25) is 10.0 Å². The van der Waals surface area contributed by atoms with Crippen molar-refractivity contribution >= 4 is 47.2 Å². The van der Waals surface area contributed by atoms with E-state index in [1.165, 1.54) is 6.42 Å². The van der Waals surface area contributed by atoms with Gasteiger partial charge in [-0.2, -0.15) is 0 Å². The van der Waals surface area contributed by atoms with Crippen LogP contribution in [0.1, 0.15) is 30.7 Å². The Kier molecular flexibility index (Phi) is 7.98. The fraction of sp³-hybridized carbons (Fsp3) is 0.435. The van der Waals surface area contributed by atoms with E-state index >= 15 is 0 Å². The van der Waals surface area contributed by atoms with Crippen LogP contribution in [0.4, 0.5) is 5.69 Å². The molecule has 2 aromatic rings. The van der Waals surface area contributed by atoms with Crippen LogP contribution < -0.4 is 14.4 Å². The number of benzene rings is 2. The molecule has 2 heterocycles. The Morgan fingerprint density at radius 3 is 2.52 bits per heavy atom. The first kappa shape index (κ1) is 24.0. The maximum atomic E-state index is 13.1. The third-order valence-electron chi connectivity index (χ3n) is 6.11. The van der Waals surface area contributed by atoms with Crippen molar-refractivity contribution in [2.45, 2.75) is 31.2 Å². The number of ether oxygens (including phenoxy) is 2. The zero-order valence-corrected chi connectivity index (χ0v) is 20.0. The minimum absolute atomic E-state index is 0. The Balaban J connectivity index is 0.00000272. The van der Waals surface area contributed by atoms with Crippen LogP contribution in [-0.2, 0) is 4.79 Å². The Labute approximate surface area is 199 Å². The largest absolute Gasteiger partial charge is 0.493 e. The van der Waals surface area contributed by atoms with Crippen LogP contribution in [-0.4, -0.2) is 50.7 Å². The predicted octanol–water partition coefficient (Wildman–Crippen LogP) is 5.42. The van der Waals surface area contributed by atoms with E-state index in [0.29, 0.717) is 40.7 Å². The SMILES string of the molecule is COc1ccc(N2CCC(c3ccc(Cl)c(Cl)c3)C2=O)cc1OCC1CCCN1C.Cl. The highest BCUT2D eigenvalue weighted by Gasteiger charge is 2.34. The number of nitrogens with zero attached hydrogens (tertiary/aromatic N) is 2. The number of amides is 1. The number of carbonyl (C=O) groups excluding carboxylic acids is 1. The van der Waals surface area contributed by atoms with E-state index in [9.17, 15) is 4.79 Å². The molecule has 0 aromatic heterocycles. The highest BCUT2D eigenvalue weighted by atomic mass is 35.5. The lowest BCUT2D eigenvalue weighted by Gasteiger charge is -2.22. The predicted molar refractivity (Wildman–Crippen MR) is 128 cm³/mol. The van der Waals surface area contributed by atoms with E-state index in [1.54, 1.807) is 24.1 Å². The molecule has 0 spiro atoms. The molecule has 168 valence electrons. The summed E-state index contributed by atoms with van der Waals surface area (Å²) in [4.78, 5) is 17.3. The summed E-state index contributed by atoms with van der Waals surface area (Å²) in [5, 5.41) is 0.963. The van der Waals surface area contributed by atoms with Crippen molar-refractivity contribution in [2.75, 3.05) is 38.8 Å². The summed E-state index contributed by atoms with van der Waals surface area (Å²) in [6.45, 7) is 2.35. The molecule has 31 heavy (non-hydrogen) atoms. The van der Waals surface area contributed by atoms with E-state index < -0.39 is 0 Å². The number of hydrogen-bond acceptors (Lipinski definition) is 4. The molecule has 2 fully saturated rings. The number of hydrogen-bond donors (Lipinski definition) is 0. The van der Waals surface area contributed by atoms with Gasteiger partial charge in [0.25, 0.3) is 0 Å². The molecule has 0 bridgehead atoms. The molecule has 2 saturated heterocycles. The molecular formula is C23H27Cl3N2O3. The van der Waals surface area contributed by atoms with Crippen LogP contribution in [0.5, 0.6) is 11.5 Å². The molecule has 5 nitrogen and oxygen atoms in total. The summed E-state index contributed by atoms with van der Waals surface area (Å²) in [6, 6.07) is 11.5. The maximum absolute atomic E-state index is 13.1. The van der Waals surface area contributed by atoms with Crippen molar-refractivity contribution in [2.24, 2.45) is 0 Å². The second-order valence-electron chi connectivity index (χ2n) is 7.93. The average Bonchev–Trinajstić information content (AvgIpc) is 3.33. The topological polar surface area (TPSA) is 42.0 Å². The summed E-state index contributed by atoms with van der Waals surface area (Å²) < 4.78 is 11.6. The van der Waals surface area contributed by atoms with Crippen molar-refractivity contribution in [3.05, 3.63) is 52.0 Å². The fourth-order valence-electron chi connectivity index (χ4n) is 4.30. The van der Waals surface area contributed by atoms with Crippen molar-refractivity contribution in [1.29, 1.82) is 0 Å². The number of likely N-dealkylation sites (N-methyl/N-ethyl adjacent to an activating group) is 1. The lowest BCUT2D eigenvalue weighted by atomic mass is 9.98. The molecule has 4 rings (SSSR count). The van der Waals surface area contributed by atoms with Gasteiger partial charge in [-0.3, -0.25) is 4.79 Å². The smallest absolute Gasteiger partial charge is 0.234 e. The monoisotopic (exact) mass is 484 g/mol. The Morgan fingerprint density at radius 2 is 1.84 bits per heavy atom. The van der Waals surface area contributed by atoms with Crippen molar-refractivity contribution in [3.8, 4) is 11.5 Å². The first-order valence-electron chi connectivity index (χ1n) is 10.3. The molecule has 2 aromatic carbocycles. The van der Waals surface area contributed by atoms with Gasteiger partial charge in [-0.05, 0) is 62.7 Å². The molecule has 2 atom stereocenters. The number of anilines is 1. The van der Waals surface area contributed by atoms with Gasteiger partial charge in [0.1, 0.15) is 6.61 Å². The van der Waals surface area contributed by atoms with Gasteiger partial charge in [-0.25, -0.2) is 0 Å². The maximum Gasteiger partial charge on any atom is 0.234 e. The molecule has 1 amide bonds. The summed E-state index contributed by atoms with van der Waals surface area (Å²) in [5.41, 5.74) is 1.71. The normalized spacial score (nSPS) is 21.3. The van der Waals surface area contributed by atoms with E-state index in [2.05, 4.69) is 11.9 Å². The average molecular weight is 486 g/mol. The molecule has 0 aliphatic carbocycles. The number of rotatable bonds is 6. The summed E-state index contributed by atoms with van der Waals surface area (Å²) in [5.74, 6) is 1.17. The van der Waals surface area contributed by atoms with Gasteiger partial charge in [0.2, 0.25) is 5.91 Å². The lowest BCUT2D eigenvalue weighted by Crippen LogP contribution is -2.30. The Bertz CT molecular complexity index is 940. The number of methoxy groups -OCH3 is 1. The summed E-state index contributed by atoms with van der Waals surface area (Å²) in [7, 11) is 3.76. The van der Waals surface area contributed by atoms with Crippen molar-refractivity contribution in [3.63, 3.8) is 0 Å². The molecule has 8 heteroatoms. The molecule has 2 unspecified atom stereocenters. The molecule has 2 aliphatic heterocycles. The zero-order valence-electron chi connectivity index (χ0n) is 17.6. The summed E-state index contributed by atoms with van der Waals surface area (Å²) in [6.07, 6.45) is 3.06. The van der Waals surface area contributed by atoms with Gasteiger partial charge in [0.05, 0.1) is 23.1 Å². The molecule has 2 aliphatic rings. The van der Waals surface area contributed by atoms with E-state index in [1.807, 2.05) is 24.3 Å². The fourth-order valence-corrected chi connectivity index (χ4v) is 4.60. The van der Waals surface area contributed by atoms with Crippen LogP contribution in [0, 0.1) is 0 Å². The molecule has 0 radical (unpaired) electrons. The first-order valence-corrected chi connectivity index (χ1v) is 11.0. The third-order valence-corrected chi connectivity index (χ3v) is 6.85. The second kappa shape index (κ2) is 10.3. The second-order valence-corrected chi connectivity index (χ2v) is 8.74. The van der Waals surface area contributed by atoms with Gasteiger partial charge in [-0.1, -0.05) is 29.3 Å². The van der Waals surface area contributed by atoms with E-state index in [-0.39, 0.29) is 24.2 Å². The summed E-state index contributed by atoms with van der Waals surface area (Å²) >= 11 is 12.2. The molecular weight excluding hydrogens is 459 g/mol.